The molecule has 1 aliphatic carbocycles. The number of fused-ring (bicyclic) bond motifs is 2. The van der Waals surface area contributed by atoms with Gasteiger partial charge in [-0.05, 0) is 49.9 Å². The summed E-state index contributed by atoms with van der Waals surface area (Å²) in [6, 6.07) is 9.58. The van der Waals surface area contributed by atoms with Crippen molar-refractivity contribution >= 4 is 22.1 Å². The average Bonchev–Trinajstić information content (AvgIpc) is 3.37. The Labute approximate surface area is 177 Å². The maximum absolute atomic E-state index is 13.8. The first-order chi connectivity index (χ1) is 15.1. The molecule has 6 rings (SSSR count). The highest BCUT2D eigenvalue weighted by Gasteiger charge is 2.25. The molecule has 0 spiro atoms. The van der Waals surface area contributed by atoms with Gasteiger partial charge in [0.1, 0.15) is 5.52 Å². The van der Waals surface area contributed by atoms with Gasteiger partial charge >= 0.3 is 0 Å². The number of nitrogens with zero attached hydrogens (tertiary/aromatic N) is 7. The molecule has 0 unspecified atom stereocenters. The molecule has 8 nitrogen and oxygen atoms in total. The van der Waals surface area contributed by atoms with E-state index in [2.05, 4.69) is 24.7 Å². The van der Waals surface area contributed by atoms with E-state index in [9.17, 15) is 4.79 Å². The molecule has 0 aliphatic heterocycles. The molecule has 1 fully saturated rings. The summed E-state index contributed by atoms with van der Waals surface area (Å²) in [6.45, 7) is 2.79. The summed E-state index contributed by atoms with van der Waals surface area (Å²) in [6.07, 6.45) is 7.93. The molecule has 5 aromatic rings. The summed E-state index contributed by atoms with van der Waals surface area (Å²) in [5.74, 6) is 0.650. The van der Waals surface area contributed by atoms with E-state index in [1.165, 1.54) is 17.5 Å². The molecule has 4 aromatic heterocycles. The van der Waals surface area contributed by atoms with Gasteiger partial charge in [0, 0.05) is 42.6 Å². The van der Waals surface area contributed by atoms with Crippen LogP contribution < -0.4 is 5.56 Å². The van der Waals surface area contributed by atoms with Crippen LogP contribution in [0.3, 0.4) is 0 Å². The second-order valence-electron chi connectivity index (χ2n) is 8.34. The Morgan fingerprint density at radius 1 is 1.10 bits per heavy atom. The quantitative estimate of drug-likeness (QED) is 0.453. The first-order valence-corrected chi connectivity index (χ1v) is 10.4. The lowest BCUT2D eigenvalue weighted by Crippen LogP contribution is -2.24. The maximum atomic E-state index is 13.8. The zero-order chi connectivity index (χ0) is 21.1. The van der Waals surface area contributed by atoms with Crippen LogP contribution >= 0.6 is 0 Å². The maximum Gasteiger partial charge on any atom is 0.281 e. The summed E-state index contributed by atoms with van der Waals surface area (Å²) in [4.78, 5) is 22.8. The molecule has 0 radical (unpaired) electrons. The van der Waals surface area contributed by atoms with Gasteiger partial charge in [0.25, 0.3) is 5.56 Å². The van der Waals surface area contributed by atoms with Crippen LogP contribution in [-0.2, 0) is 13.6 Å². The fraction of sp³-hybridized carbons (Fsp3) is 0.261. The van der Waals surface area contributed by atoms with Crippen LogP contribution in [0.4, 0.5) is 0 Å². The first-order valence-electron chi connectivity index (χ1n) is 10.4. The Hall–Kier alpha value is -3.81. The van der Waals surface area contributed by atoms with Gasteiger partial charge in [-0.2, -0.15) is 9.78 Å². The second-order valence-corrected chi connectivity index (χ2v) is 8.34. The summed E-state index contributed by atoms with van der Waals surface area (Å²) < 4.78 is 5.28. The number of benzene rings is 1. The zero-order valence-electron chi connectivity index (χ0n) is 17.4. The fourth-order valence-electron chi connectivity index (χ4n) is 4.08. The number of pyridine rings is 1. The van der Waals surface area contributed by atoms with Crippen LogP contribution in [0.25, 0.3) is 38.9 Å². The SMILES string of the molecule is Cc1ccc(-c2c(=O)n(-c3ccc4nn(C)cc4c3)nc3ncn(CC4CC4)c23)cn1. The molecule has 4 heterocycles. The van der Waals surface area contributed by atoms with Crippen LogP contribution in [0.2, 0.25) is 0 Å². The third-order valence-corrected chi connectivity index (χ3v) is 5.86. The smallest absolute Gasteiger partial charge is 0.281 e. The van der Waals surface area contributed by atoms with Crippen molar-refractivity contribution in [2.45, 2.75) is 26.3 Å². The highest BCUT2D eigenvalue weighted by Crippen LogP contribution is 2.33. The molecule has 8 heteroatoms. The zero-order valence-corrected chi connectivity index (χ0v) is 17.4. The Morgan fingerprint density at radius 3 is 2.74 bits per heavy atom. The van der Waals surface area contributed by atoms with Crippen molar-refractivity contribution in [2.75, 3.05) is 0 Å². The van der Waals surface area contributed by atoms with Gasteiger partial charge in [0.05, 0.1) is 23.1 Å². The number of imidazole rings is 1. The van der Waals surface area contributed by atoms with Crippen LogP contribution in [0.15, 0.2) is 53.8 Å². The average molecular weight is 411 g/mol. The number of hydrogen-bond donors (Lipinski definition) is 0. The lowest BCUT2D eigenvalue weighted by molar-refractivity contribution is 0.642. The van der Waals surface area contributed by atoms with Gasteiger partial charge in [0.15, 0.2) is 5.65 Å². The van der Waals surface area contributed by atoms with Crippen molar-refractivity contribution in [1.29, 1.82) is 0 Å². The summed E-state index contributed by atoms with van der Waals surface area (Å²) in [5, 5.41) is 10.0. The molecule has 0 atom stereocenters. The molecule has 0 bridgehead atoms. The van der Waals surface area contributed by atoms with Gasteiger partial charge in [0.2, 0.25) is 0 Å². The third-order valence-electron chi connectivity index (χ3n) is 5.86. The van der Waals surface area contributed by atoms with E-state index < -0.39 is 0 Å². The molecule has 0 amide bonds. The van der Waals surface area contributed by atoms with Gasteiger partial charge in [-0.15, -0.1) is 5.10 Å². The van der Waals surface area contributed by atoms with Gasteiger partial charge < -0.3 is 4.57 Å². The second kappa shape index (κ2) is 6.60. The van der Waals surface area contributed by atoms with E-state index in [1.54, 1.807) is 17.2 Å². The normalized spacial score (nSPS) is 14.0. The van der Waals surface area contributed by atoms with Gasteiger partial charge in [-0.3, -0.25) is 14.5 Å². The number of aromatic nitrogens is 7. The largest absolute Gasteiger partial charge is 0.328 e. The van der Waals surface area contributed by atoms with Crippen LogP contribution in [0, 0.1) is 12.8 Å². The van der Waals surface area contributed by atoms with E-state index in [-0.39, 0.29) is 5.56 Å². The van der Waals surface area contributed by atoms with E-state index in [1.807, 2.05) is 50.5 Å². The highest BCUT2D eigenvalue weighted by molar-refractivity contribution is 5.89. The highest BCUT2D eigenvalue weighted by atomic mass is 16.1. The standard InChI is InChI=1S/C23H21N7O/c1-14-3-6-16(10-24-14)20-21-22(25-13-29(21)11-15-4-5-15)27-30(23(20)31)18-7-8-19-17(9-18)12-28(2)26-19/h3,6-10,12-13,15H,4-5,11H2,1-2H3. The van der Waals surface area contributed by atoms with E-state index in [0.717, 1.165) is 34.2 Å². The molecule has 154 valence electrons. The number of aryl methyl sites for hydroxylation is 2. The Balaban J connectivity index is 1.62. The van der Waals surface area contributed by atoms with Crippen molar-refractivity contribution in [3.8, 4) is 16.8 Å². The van der Waals surface area contributed by atoms with E-state index >= 15 is 0 Å². The minimum absolute atomic E-state index is 0.182. The molecular weight excluding hydrogens is 390 g/mol. The summed E-state index contributed by atoms with van der Waals surface area (Å²) in [7, 11) is 1.88. The number of hydrogen-bond acceptors (Lipinski definition) is 5. The molecule has 1 aliphatic rings. The molecular formula is C23H21N7O. The van der Waals surface area contributed by atoms with Crippen LogP contribution in [0.1, 0.15) is 18.5 Å². The fourth-order valence-corrected chi connectivity index (χ4v) is 4.08. The summed E-state index contributed by atoms with van der Waals surface area (Å²) >= 11 is 0. The molecule has 1 aromatic carbocycles. The minimum atomic E-state index is -0.182. The topological polar surface area (TPSA) is 83.4 Å². The monoisotopic (exact) mass is 411 g/mol. The molecule has 0 saturated heterocycles. The van der Waals surface area contributed by atoms with Crippen molar-refractivity contribution in [3.05, 3.63) is 65.1 Å². The minimum Gasteiger partial charge on any atom is -0.328 e. The molecule has 0 N–H and O–H groups in total. The summed E-state index contributed by atoms with van der Waals surface area (Å²) in [5.41, 5.74) is 4.98. The third kappa shape index (κ3) is 3.02. The van der Waals surface area contributed by atoms with Gasteiger partial charge in [-0.1, -0.05) is 6.07 Å². The first kappa shape index (κ1) is 18.0. The lowest BCUT2D eigenvalue weighted by atomic mass is 10.1. The van der Waals surface area contributed by atoms with Gasteiger partial charge in [-0.25, -0.2) is 4.98 Å². The van der Waals surface area contributed by atoms with E-state index in [0.29, 0.717) is 22.8 Å². The lowest BCUT2D eigenvalue weighted by Gasteiger charge is -2.11. The van der Waals surface area contributed by atoms with Crippen LogP contribution in [0.5, 0.6) is 0 Å². The molecule has 31 heavy (non-hydrogen) atoms. The predicted molar refractivity (Wildman–Crippen MR) is 118 cm³/mol. The van der Waals surface area contributed by atoms with E-state index in [4.69, 9.17) is 0 Å². The Kier molecular flexibility index (Phi) is 3.83. The van der Waals surface area contributed by atoms with Crippen LogP contribution in [-0.4, -0.2) is 34.1 Å². The molecule has 1 saturated carbocycles. The van der Waals surface area contributed by atoms with Crippen molar-refractivity contribution in [2.24, 2.45) is 13.0 Å². The van der Waals surface area contributed by atoms with Crippen molar-refractivity contribution < 1.29 is 0 Å². The predicted octanol–water partition coefficient (Wildman–Crippen LogP) is 3.25. The number of rotatable bonds is 4. The van der Waals surface area contributed by atoms with Crippen molar-refractivity contribution in [3.63, 3.8) is 0 Å². The Bertz CT molecular complexity index is 1500. The Morgan fingerprint density at radius 2 is 1.97 bits per heavy atom. The van der Waals surface area contributed by atoms with Crippen molar-refractivity contribution in [1.82, 2.24) is 34.1 Å².